The monoisotopic (exact) mass is 346 g/mol. The van der Waals surface area contributed by atoms with E-state index in [0.29, 0.717) is 0 Å². The van der Waals surface area contributed by atoms with Crippen molar-refractivity contribution in [2.24, 2.45) is 0 Å². The standard InChI is InChI=1S/C19H26N2O4/c1-12-8-9-15(10-13(12)2)11-17(22)25-14(3)18(23)21-19(24)20-16-6-4-5-7-16/h8-10,14,16H,4-7,11H2,1-3H3,(H2,20,21,23,24)/t14-/m1/s1. The first-order valence-corrected chi connectivity index (χ1v) is 8.72. The Morgan fingerprint density at radius 1 is 1.16 bits per heavy atom. The molecule has 1 aliphatic carbocycles. The molecule has 0 unspecified atom stereocenters. The van der Waals surface area contributed by atoms with Crippen molar-refractivity contribution >= 4 is 17.9 Å². The van der Waals surface area contributed by atoms with Crippen molar-refractivity contribution in [2.75, 3.05) is 0 Å². The second-order valence-corrected chi connectivity index (χ2v) is 6.67. The van der Waals surface area contributed by atoms with E-state index < -0.39 is 24.0 Å². The number of urea groups is 1. The van der Waals surface area contributed by atoms with Crippen LogP contribution in [0, 0.1) is 13.8 Å². The van der Waals surface area contributed by atoms with Crippen molar-refractivity contribution in [2.45, 2.75) is 65.0 Å². The Labute approximate surface area is 148 Å². The van der Waals surface area contributed by atoms with Crippen LogP contribution < -0.4 is 10.6 Å². The number of esters is 1. The van der Waals surface area contributed by atoms with E-state index in [9.17, 15) is 14.4 Å². The van der Waals surface area contributed by atoms with Gasteiger partial charge in [0.05, 0.1) is 6.42 Å². The first-order chi connectivity index (χ1) is 11.8. The summed E-state index contributed by atoms with van der Waals surface area (Å²) < 4.78 is 5.13. The SMILES string of the molecule is Cc1ccc(CC(=O)O[C@H](C)C(=O)NC(=O)NC2CCCC2)cc1C. The van der Waals surface area contributed by atoms with E-state index in [1.165, 1.54) is 6.92 Å². The van der Waals surface area contributed by atoms with Crippen LogP contribution in [0.15, 0.2) is 18.2 Å². The molecule has 0 spiro atoms. The van der Waals surface area contributed by atoms with Crippen LogP contribution in [0.1, 0.15) is 49.3 Å². The van der Waals surface area contributed by atoms with Gasteiger partial charge in [0.15, 0.2) is 6.10 Å². The van der Waals surface area contributed by atoms with E-state index >= 15 is 0 Å². The number of hydrogen-bond acceptors (Lipinski definition) is 4. The number of ether oxygens (including phenoxy) is 1. The molecule has 0 saturated heterocycles. The third kappa shape index (κ3) is 5.89. The van der Waals surface area contributed by atoms with Gasteiger partial charge in [-0.3, -0.25) is 14.9 Å². The summed E-state index contributed by atoms with van der Waals surface area (Å²) in [7, 11) is 0. The van der Waals surface area contributed by atoms with Crippen molar-refractivity contribution in [1.82, 2.24) is 10.6 Å². The molecule has 0 aromatic heterocycles. The van der Waals surface area contributed by atoms with Gasteiger partial charge in [0.25, 0.3) is 5.91 Å². The Bertz CT molecular complexity index is 651. The lowest BCUT2D eigenvalue weighted by Gasteiger charge is -2.15. The fourth-order valence-corrected chi connectivity index (χ4v) is 2.88. The Morgan fingerprint density at radius 2 is 1.84 bits per heavy atom. The largest absolute Gasteiger partial charge is 0.452 e. The molecular weight excluding hydrogens is 320 g/mol. The number of benzene rings is 1. The van der Waals surface area contributed by atoms with Crippen LogP contribution in [-0.4, -0.2) is 30.1 Å². The summed E-state index contributed by atoms with van der Waals surface area (Å²) in [4.78, 5) is 35.7. The van der Waals surface area contributed by atoms with E-state index in [1.54, 1.807) is 0 Å². The lowest BCUT2D eigenvalue weighted by Crippen LogP contribution is -2.47. The second kappa shape index (κ2) is 8.65. The molecule has 3 amide bonds. The summed E-state index contributed by atoms with van der Waals surface area (Å²) in [5.74, 6) is -1.12. The molecule has 2 N–H and O–H groups in total. The Kier molecular flexibility index (Phi) is 6.56. The number of aryl methyl sites for hydroxylation is 2. The van der Waals surface area contributed by atoms with Gasteiger partial charge >= 0.3 is 12.0 Å². The predicted octanol–water partition coefficient (Wildman–Crippen LogP) is 2.55. The number of carbonyl (C=O) groups is 3. The quantitative estimate of drug-likeness (QED) is 0.803. The summed E-state index contributed by atoms with van der Waals surface area (Å²) in [5.41, 5.74) is 3.08. The number of nitrogens with one attached hydrogen (secondary N) is 2. The molecule has 6 nitrogen and oxygen atoms in total. The summed E-state index contributed by atoms with van der Waals surface area (Å²) in [6.07, 6.45) is 3.11. The highest BCUT2D eigenvalue weighted by Gasteiger charge is 2.22. The second-order valence-electron chi connectivity index (χ2n) is 6.67. The number of rotatable bonds is 5. The summed E-state index contributed by atoms with van der Waals surface area (Å²) in [5, 5.41) is 4.98. The maximum Gasteiger partial charge on any atom is 0.321 e. The minimum absolute atomic E-state index is 0.0903. The minimum atomic E-state index is -1.02. The Hall–Kier alpha value is -2.37. The molecule has 1 aliphatic rings. The average molecular weight is 346 g/mol. The van der Waals surface area contributed by atoms with Gasteiger partial charge in [-0.1, -0.05) is 31.0 Å². The van der Waals surface area contributed by atoms with Crippen LogP contribution in [0.3, 0.4) is 0 Å². The summed E-state index contributed by atoms with van der Waals surface area (Å²) >= 11 is 0. The highest BCUT2D eigenvalue weighted by molar-refractivity contribution is 5.97. The van der Waals surface area contributed by atoms with E-state index in [1.807, 2.05) is 32.0 Å². The highest BCUT2D eigenvalue weighted by atomic mass is 16.5. The maximum absolute atomic E-state index is 12.0. The van der Waals surface area contributed by atoms with Crippen molar-refractivity contribution in [3.8, 4) is 0 Å². The van der Waals surface area contributed by atoms with Gasteiger partial charge in [0.1, 0.15) is 0 Å². The van der Waals surface area contributed by atoms with Crippen LogP contribution in [-0.2, 0) is 20.7 Å². The minimum Gasteiger partial charge on any atom is -0.452 e. The van der Waals surface area contributed by atoms with Crippen LogP contribution in [0.4, 0.5) is 4.79 Å². The molecule has 1 fully saturated rings. The number of hydrogen-bond donors (Lipinski definition) is 2. The van der Waals surface area contributed by atoms with E-state index in [4.69, 9.17) is 4.74 Å². The van der Waals surface area contributed by atoms with Gasteiger partial charge in [0, 0.05) is 6.04 Å². The molecule has 6 heteroatoms. The fraction of sp³-hybridized carbons (Fsp3) is 0.526. The molecule has 0 aliphatic heterocycles. The third-order valence-electron chi connectivity index (χ3n) is 4.52. The lowest BCUT2D eigenvalue weighted by atomic mass is 10.0. The van der Waals surface area contributed by atoms with Crippen molar-refractivity contribution in [3.63, 3.8) is 0 Å². The first kappa shape index (κ1) is 19.0. The van der Waals surface area contributed by atoms with E-state index in [2.05, 4.69) is 10.6 Å². The molecule has 25 heavy (non-hydrogen) atoms. The van der Waals surface area contributed by atoms with Gasteiger partial charge < -0.3 is 10.1 Å². The summed E-state index contributed by atoms with van der Waals surface area (Å²) in [6, 6.07) is 5.32. The van der Waals surface area contributed by atoms with Gasteiger partial charge in [-0.2, -0.15) is 0 Å². The Morgan fingerprint density at radius 3 is 2.48 bits per heavy atom. The molecule has 0 radical (unpaired) electrons. The molecule has 1 aromatic carbocycles. The smallest absolute Gasteiger partial charge is 0.321 e. The first-order valence-electron chi connectivity index (χ1n) is 8.72. The Balaban J connectivity index is 1.77. The van der Waals surface area contributed by atoms with E-state index in [0.717, 1.165) is 42.4 Å². The summed E-state index contributed by atoms with van der Waals surface area (Å²) in [6.45, 7) is 5.43. The third-order valence-corrected chi connectivity index (χ3v) is 4.52. The van der Waals surface area contributed by atoms with Crippen molar-refractivity contribution in [1.29, 1.82) is 0 Å². The van der Waals surface area contributed by atoms with Crippen LogP contribution in [0.5, 0.6) is 0 Å². The fourth-order valence-electron chi connectivity index (χ4n) is 2.88. The van der Waals surface area contributed by atoms with Gasteiger partial charge in [0.2, 0.25) is 0 Å². The molecule has 1 atom stereocenters. The van der Waals surface area contributed by atoms with Gasteiger partial charge in [-0.15, -0.1) is 0 Å². The van der Waals surface area contributed by atoms with Gasteiger partial charge in [-0.05, 0) is 50.3 Å². The molecule has 2 rings (SSSR count). The van der Waals surface area contributed by atoms with Crippen LogP contribution in [0.2, 0.25) is 0 Å². The van der Waals surface area contributed by atoms with Crippen molar-refractivity contribution < 1.29 is 19.1 Å². The van der Waals surface area contributed by atoms with Crippen LogP contribution >= 0.6 is 0 Å². The molecule has 0 bridgehead atoms. The predicted molar refractivity (Wildman–Crippen MR) is 94.1 cm³/mol. The number of amides is 3. The zero-order chi connectivity index (χ0) is 18.4. The molecule has 136 valence electrons. The topological polar surface area (TPSA) is 84.5 Å². The lowest BCUT2D eigenvalue weighted by molar-refractivity contribution is -0.153. The van der Waals surface area contributed by atoms with Crippen molar-refractivity contribution in [3.05, 3.63) is 34.9 Å². The van der Waals surface area contributed by atoms with Gasteiger partial charge in [-0.25, -0.2) is 4.79 Å². The normalized spacial score (nSPS) is 15.5. The average Bonchev–Trinajstić information content (AvgIpc) is 3.03. The highest BCUT2D eigenvalue weighted by Crippen LogP contribution is 2.17. The molecule has 0 heterocycles. The zero-order valence-electron chi connectivity index (χ0n) is 15.1. The zero-order valence-corrected chi connectivity index (χ0v) is 15.1. The number of carbonyl (C=O) groups excluding carboxylic acids is 3. The van der Waals surface area contributed by atoms with E-state index in [-0.39, 0.29) is 12.5 Å². The van der Waals surface area contributed by atoms with Crippen LogP contribution in [0.25, 0.3) is 0 Å². The molecule has 1 aromatic rings. The molecule has 1 saturated carbocycles. The molecular formula is C19H26N2O4. The maximum atomic E-state index is 12.0. The number of imide groups is 1.